The highest BCUT2D eigenvalue weighted by Crippen LogP contribution is 2.34. The fourth-order valence-corrected chi connectivity index (χ4v) is 2.98. The summed E-state index contributed by atoms with van der Waals surface area (Å²) < 4.78 is 1.98. The molecule has 2 aromatic rings. The van der Waals surface area contributed by atoms with E-state index >= 15 is 0 Å². The Balaban J connectivity index is 2.15. The van der Waals surface area contributed by atoms with Gasteiger partial charge < -0.3 is 4.40 Å². The summed E-state index contributed by atoms with van der Waals surface area (Å²) in [4.78, 5) is 16.4. The molecule has 3 heteroatoms. The minimum absolute atomic E-state index is 0.0858. The molecule has 3 nitrogen and oxygen atoms in total. The van der Waals surface area contributed by atoms with E-state index in [2.05, 4.69) is 12.1 Å². The Morgan fingerprint density at radius 2 is 2.00 bits per heavy atom. The van der Waals surface area contributed by atoms with Crippen molar-refractivity contribution in [2.45, 2.75) is 13.8 Å². The smallest absolute Gasteiger partial charge is 0.161 e. The molecule has 0 spiro atoms. The molecule has 2 aliphatic heterocycles. The largest absolute Gasteiger partial charge is 0.321 e. The minimum Gasteiger partial charge on any atom is -0.321 e. The van der Waals surface area contributed by atoms with Crippen LogP contribution in [0.4, 0.5) is 0 Å². The number of ketones is 1. The van der Waals surface area contributed by atoms with Crippen LogP contribution in [0.1, 0.15) is 22.8 Å². The molecule has 102 valence electrons. The van der Waals surface area contributed by atoms with Gasteiger partial charge in [-0.25, -0.2) is 4.98 Å². The molecule has 0 unspecified atom stereocenters. The summed E-state index contributed by atoms with van der Waals surface area (Å²) in [5.41, 5.74) is 5.92. The number of fused-ring (bicyclic) bond motifs is 5. The van der Waals surface area contributed by atoms with Gasteiger partial charge in [-0.3, -0.25) is 4.79 Å². The van der Waals surface area contributed by atoms with Gasteiger partial charge in [-0.2, -0.15) is 0 Å². The van der Waals surface area contributed by atoms with Crippen molar-refractivity contribution in [1.82, 2.24) is 9.38 Å². The van der Waals surface area contributed by atoms with Crippen molar-refractivity contribution in [1.29, 1.82) is 0 Å². The summed E-state index contributed by atoms with van der Waals surface area (Å²) in [7, 11) is 0. The molecule has 1 aromatic heterocycles. The zero-order chi connectivity index (χ0) is 14.6. The number of para-hydroxylation sites is 1. The first-order valence-electron chi connectivity index (χ1n) is 6.96. The average molecular weight is 274 g/mol. The van der Waals surface area contributed by atoms with E-state index in [0.29, 0.717) is 0 Å². The SMILES string of the molecule is CC(=O)c1cn2ccc3c4ccccc4nc-3c2cc1C. The van der Waals surface area contributed by atoms with Crippen molar-refractivity contribution in [3.05, 3.63) is 59.9 Å². The van der Waals surface area contributed by atoms with E-state index in [1.165, 1.54) is 5.39 Å². The molecule has 2 aliphatic rings. The highest BCUT2D eigenvalue weighted by atomic mass is 16.1. The third-order valence-corrected chi connectivity index (χ3v) is 4.03. The molecule has 0 saturated carbocycles. The predicted octanol–water partition coefficient (Wildman–Crippen LogP) is 4.10. The Kier molecular flexibility index (Phi) is 2.39. The Morgan fingerprint density at radius 3 is 2.81 bits per heavy atom. The van der Waals surface area contributed by atoms with Crippen LogP contribution >= 0.6 is 0 Å². The van der Waals surface area contributed by atoms with Crippen LogP contribution in [0.25, 0.3) is 27.7 Å². The fourth-order valence-electron chi connectivity index (χ4n) is 2.98. The predicted molar refractivity (Wildman–Crippen MR) is 84.1 cm³/mol. The molecular weight excluding hydrogens is 260 g/mol. The van der Waals surface area contributed by atoms with Crippen LogP contribution < -0.4 is 0 Å². The molecule has 3 heterocycles. The highest BCUT2D eigenvalue weighted by Gasteiger charge is 2.16. The molecule has 0 bridgehead atoms. The van der Waals surface area contributed by atoms with Gasteiger partial charge in [-0.15, -0.1) is 0 Å². The van der Waals surface area contributed by atoms with Crippen LogP contribution in [0, 0.1) is 6.92 Å². The fraction of sp³-hybridized carbons (Fsp3) is 0.111. The first-order chi connectivity index (χ1) is 10.1. The summed E-state index contributed by atoms with van der Waals surface area (Å²) in [5, 5.41) is 1.17. The van der Waals surface area contributed by atoms with Crippen LogP contribution in [0.3, 0.4) is 0 Å². The number of carbonyl (C=O) groups excluding carboxylic acids is 1. The molecule has 0 radical (unpaired) electrons. The van der Waals surface area contributed by atoms with E-state index in [1.54, 1.807) is 6.92 Å². The van der Waals surface area contributed by atoms with Gasteiger partial charge in [0.05, 0.1) is 16.7 Å². The molecule has 4 rings (SSSR count). The maximum Gasteiger partial charge on any atom is 0.161 e. The number of pyridine rings is 2. The third-order valence-electron chi connectivity index (χ3n) is 4.03. The number of carbonyl (C=O) groups is 1. The van der Waals surface area contributed by atoms with Gasteiger partial charge in [0.1, 0.15) is 0 Å². The normalized spacial score (nSPS) is 11.5. The molecule has 0 saturated heterocycles. The molecule has 0 N–H and O–H groups in total. The summed E-state index contributed by atoms with van der Waals surface area (Å²) in [6, 6.07) is 12.3. The number of aromatic nitrogens is 2. The summed E-state index contributed by atoms with van der Waals surface area (Å²) in [6.07, 6.45) is 3.89. The van der Waals surface area contributed by atoms with Crippen LogP contribution in [0.5, 0.6) is 0 Å². The second kappa shape index (κ2) is 4.16. The zero-order valence-corrected chi connectivity index (χ0v) is 11.9. The monoisotopic (exact) mass is 274 g/mol. The molecule has 1 aromatic carbocycles. The van der Waals surface area contributed by atoms with Crippen molar-refractivity contribution < 1.29 is 4.79 Å². The average Bonchev–Trinajstić information content (AvgIpc) is 2.85. The Morgan fingerprint density at radius 1 is 1.19 bits per heavy atom. The maximum atomic E-state index is 11.7. The van der Waals surface area contributed by atoms with Gasteiger partial charge in [-0.1, -0.05) is 18.2 Å². The van der Waals surface area contributed by atoms with Crippen LogP contribution in [0.15, 0.2) is 48.8 Å². The maximum absolute atomic E-state index is 11.7. The molecular formula is C18H14N2O. The summed E-state index contributed by atoms with van der Waals surface area (Å²) >= 11 is 0. The lowest BCUT2D eigenvalue weighted by molar-refractivity contribution is 0.101. The van der Waals surface area contributed by atoms with E-state index in [1.807, 2.05) is 48.0 Å². The van der Waals surface area contributed by atoms with E-state index in [0.717, 1.165) is 33.4 Å². The lowest BCUT2D eigenvalue weighted by Gasteiger charge is -2.10. The number of nitrogens with zero attached hydrogens (tertiary/aromatic N) is 2. The molecule has 0 aliphatic carbocycles. The van der Waals surface area contributed by atoms with Gasteiger partial charge in [0.15, 0.2) is 5.78 Å². The molecule has 0 atom stereocenters. The van der Waals surface area contributed by atoms with Crippen molar-refractivity contribution in [2.24, 2.45) is 0 Å². The molecule has 0 fully saturated rings. The Labute approximate surface area is 122 Å². The standard InChI is InChI=1S/C18H14N2O/c1-11-9-17-18-14(13-5-3-4-6-16(13)19-18)7-8-20(17)10-15(11)12(2)21/h3-10H,1-2H3. The van der Waals surface area contributed by atoms with Gasteiger partial charge >= 0.3 is 0 Å². The Bertz CT molecular complexity index is 981. The van der Waals surface area contributed by atoms with Crippen LogP contribution in [-0.4, -0.2) is 15.2 Å². The quantitative estimate of drug-likeness (QED) is 0.490. The summed E-state index contributed by atoms with van der Waals surface area (Å²) in [5.74, 6) is 0.0858. The number of rotatable bonds is 1. The second-order valence-corrected chi connectivity index (χ2v) is 5.43. The third kappa shape index (κ3) is 1.67. The Hall–Kier alpha value is -2.68. The van der Waals surface area contributed by atoms with E-state index < -0.39 is 0 Å². The minimum atomic E-state index is 0.0858. The van der Waals surface area contributed by atoms with Gasteiger partial charge in [0, 0.05) is 28.9 Å². The van der Waals surface area contributed by atoms with Crippen LogP contribution in [-0.2, 0) is 0 Å². The number of hydrogen-bond acceptors (Lipinski definition) is 2. The lowest BCUT2D eigenvalue weighted by atomic mass is 10.0. The van der Waals surface area contributed by atoms with Crippen molar-refractivity contribution in [3.63, 3.8) is 0 Å². The number of Topliss-reactive ketones (excluding diaryl/α,β-unsaturated/α-hetero) is 1. The van der Waals surface area contributed by atoms with Crippen molar-refractivity contribution in [3.8, 4) is 11.3 Å². The van der Waals surface area contributed by atoms with Crippen molar-refractivity contribution in [2.75, 3.05) is 0 Å². The van der Waals surface area contributed by atoms with Gasteiger partial charge in [0.25, 0.3) is 0 Å². The first kappa shape index (κ1) is 12.1. The number of aryl methyl sites for hydroxylation is 1. The van der Waals surface area contributed by atoms with Crippen LogP contribution in [0.2, 0.25) is 0 Å². The zero-order valence-electron chi connectivity index (χ0n) is 11.9. The van der Waals surface area contributed by atoms with E-state index in [-0.39, 0.29) is 5.78 Å². The lowest BCUT2D eigenvalue weighted by Crippen LogP contribution is -2.02. The van der Waals surface area contributed by atoms with E-state index in [9.17, 15) is 4.79 Å². The van der Waals surface area contributed by atoms with Gasteiger partial charge in [0.2, 0.25) is 0 Å². The first-order valence-corrected chi connectivity index (χ1v) is 6.96. The molecule has 0 amide bonds. The number of hydrogen-bond donors (Lipinski definition) is 0. The molecule has 21 heavy (non-hydrogen) atoms. The summed E-state index contributed by atoms with van der Waals surface area (Å²) in [6.45, 7) is 3.57. The second-order valence-electron chi connectivity index (χ2n) is 5.43. The van der Waals surface area contributed by atoms with Crippen molar-refractivity contribution >= 4 is 22.2 Å². The highest BCUT2D eigenvalue weighted by molar-refractivity contribution is 6.02. The number of benzene rings is 1. The van der Waals surface area contributed by atoms with Gasteiger partial charge in [-0.05, 0) is 37.6 Å². The van der Waals surface area contributed by atoms with E-state index in [4.69, 9.17) is 4.98 Å². The topological polar surface area (TPSA) is 34.4 Å².